The summed E-state index contributed by atoms with van der Waals surface area (Å²) in [5.41, 5.74) is 3.10. The lowest BCUT2D eigenvalue weighted by Gasteiger charge is -2.08. The molecule has 0 fully saturated rings. The first-order valence-electron chi connectivity index (χ1n) is 7.67. The minimum atomic E-state index is -0.170. The minimum Gasteiger partial charge on any atom is -0.497 e. The van der Waals surface area contributed by atoms with Crippen LogP contribution in [0.15, 0.2) is 47.8 Å². The van der Waals surface area contributed by atoms with Crippen molar-refractivity contribution in [3.05, 3.63) is 59.0 Å². The lowest BCUT2D eigenvalue weighted by molar-refractivity contribution is 0.102. The zero-order valence-electron chi connectivity index (χ0n) is 14.2. The third-order valence-electron chi connectivity index (χ3n) is 3.80. The van der Waals surface area contributed by atoms with E-state index in [4.69, 9.17) is 9.47 Å². The van der Waals surface area contributed by atoms with Gasteiger partial charge in [0.15, 0.2) is 5.13 Å². The van der Waals surface area contributed by atoms with Crippen LogP contribution in [-0.2, 0) is 0 Å². The molecule has 25 heavy (non-hydrogen) atoms. The van der Waals surface area contributed by atoms with Crippen LogP contribution in [0.5, 0.6) is 11.5 Å². The molecule has 1 heterocycles. The summed E-state index contributed by atoms with van der Waals surface area (Å²) in [6, 6.07) is 13.0. The van der Waals surface area contributed by atoms with E-state index in [0.717, 1.165) is 16.8 Å². The van der Waals surface area contributed by atoms with E-state index in [1.807, 2.05) is 48.7 Å². The Hall–Kier alpha value is -2.86. The molecule has 1 N–H and O–H groups in total. The van der Waals surface area contributed by atoms with Gasteiger partial charge < -0.3 is 9.47 Å². The quantitative estimate of drug-likeness (QED) is 0.738. The number of carbonyl (C=O) groups is 1. The molecule has 0 bridgehead atoms. The first kappa shape index (κ1) is 17.0. The molecular weight excluding hydrogens is 336 g/mol. The van der Waals surface area contributed by atoms with Gasteiger partial charge >= 0.3 is 0 Å². The molecule has 5 nitrogen and oxygen atoms in total. The second kappa shape index (κ2) is 7.36. The SMILES string of the molecule is COc1ccc(OC)c(-c2csc(NC(=O)c3ccccc3C)n2)c1. The lowest BCUT2D eigenvalue weighted by Crippen LogP contribution is -2.13. The molecule has 1 amide bonds. The minimum absolute atomic E-state index is 0.170. The number of aromatic nitrogens is 1. The number of methoxy groups -OCH3 is 2. The van der Waals surface area contributed by atoms with Crippen LogP contribution in [0.25, 0.3) is 11.3 Å². The van der Waals surface area contributed by atoms with Crippen molar-refractivity contribution in [2.45, 2.75) is 6.92 Å². The number of benzene rings is 2. The van der Waals surface area contributed by atoms with Crippen molar-refractivity contribution < 1.29 is 14.3 Å². The van der Waals surface area contributed by atoms with Gasteiger partial charge in [-0.2, -0.15) is 0 Å². The number of carbonyl (C=O) groups excluding carboxylic acids is 1. The number of thiazole rings is 1. The highest BCUT2D eigenvalue weighted by Crippen LogP contribution is 2.35. The van der Waals surface area contributed by atoms with Gasteiger partial charge in [0.2, 0.25) is 0 Å². The average Bonchev–Trinajstić information content (AvgIpc) is 3.09. The van der Waals surface area contributed by atoms with Crippen LogP contribution in [0.2, 0.25) is 0 Å². The smallest absolute Gasteiger partial charge is 0.257 e. The van der Waals surface area contributed by atoms with Gasteiger partial charge in [0.05, 0.1) is 19.9 Å². The van der Waals surface area contributed by atoms with Gasteiger partial charge in [-0.3, -0.25) is 10.1 Å². The molecule has 0 saturated heterocycles. The first-order chi connectivity index (χ1) is 12.1. The van der Waals surface area contributed by atoms with Gasteiger partial charge in [-0.1, -0.05) is 18.2 Å². The fraction of sp³-hybridized carbons (Fsp3) is 0.158. The van der Waals surface area contributed by atoms with Crippen LogP contribution in [0.1, 0.15) is 15.9 Å². The fourth-order valence-corrected chi connectivity index (χ4v) is 3.17. The topological polar surface area (TPSA) is 60.5 Å². The summed E-state index contributed by atoms with van der Waals surface area (Å²) in [4.78, 5) is 16.9. The number of nitrogens with zero attached hydrogens (tertiary/aromatic N) is 1. The van der Waals surface area contributed by atoms with Crippen LogP contribution >= 0.6 is 11.3 Å². The van der Waals surface area contributed by atoms with E-state index in [0.29, 0.717) is 22.2 Å². The summed E-state index contributed by atoms with van der Waals surface area (Å²) in [6.45, 7) is 1.91. The fourth-order valence-electron chi connectivity index (χ4n) is 2.46. The summed E-state index contributed by atoms with van der Waals surface area (Å²) in [5, 5.41) is 5.27. The van der Waals surface area contributed by atoms with Crippen molar-refractivity contribution in [3.8, 4) is 22.8 Å². The third kappa shape index (κ3) is 3.64. The van der Waals surface area contributed by atoms with Crippen molar-refractivity contribution in [3.63, 3.8) is 0 Å². The number of amides is 1. The Bertz CT molecular complexity index is 905. The van der Waals surface area contributed by atoms with E-state index in [1.54, 1.807) is 20.3 Å². The van der Waals surface area contributed by atoms with E-state index < -0.39 is 0 Å². The van der Waals surface area contributed by atoms with Crippen molar-refractivity contribution in [2.75, 3.05) is 19.5 Å². The lowest BCUT2D eigenvalue weighted by atomic mass is 10.1. The van der Waals surface area contributed by atoms with Gasteiger partial charge in [0.25, 0.3) is 5.91 Å². The van der Waals surface area contributed by atoms with E-state index in [1.165, 1.54) is 11.3 Å². The molecule has 0 aliphatic heterocycles. The van der Waals surface area contributed by atoms with Gasteiger partial charge in [-0.15, -0.1) is 11.3 Å². The van der Waals surface area contributed by atoms with Crippen molar-refractivity contribution in [1.29, 1.82) is 0 Å². The molecule has 0 aliphatic carbocycles. The van der Waals surface area contributed by atoms with E-state index in [2.05, 4.69) is 10.3 Å². The molecule has 0 unspecified atom stereocenters. The maximum atomic E-state index is 12.4. The predicted octanol–water partition coefficient (Wildman–Crippen LogP) is 4.39. The maximum absolute atomic E-state index is 12.4. The molecule has 0 radical (unpaired) electrons. The van der Waals surface area contributed by atoms with Crippen LogP contribution in [0.3, 0.4) is 0 Å². The average molecular weight is 354 g/mol. The Balaban J connectivity index is 1.86. The molecule has 3 aromatic rings. The monoisotopic (exact) mass is 354 g/mol. The van der Waals surface area contributed by atoms with Gasteiger partial charge in [-0.25, -0.2) is 4.98 Å². The number of aryl methyl sites for hydroxylation is 1. The normalized spacial score (nSPS) is 10.4. The zero-order valence-corrected chi connectivity index (χ0v) is 15.0. The number of nitrogens with one attached hydrogen (secondary N) is 1. The van der Waals surface area contributed by atoms with Crippen LogP contribution in [0, 0.1) is 6.92 Å². The van der Waals surface area contributed by atoms with Gasteiger partial charge in [0.1, 0.15) is 11.5 Å². The number of hydrogen-bond acceptors (Lipinski definition) is 5. The molecule has 0 spiro atoms. The van der Waals surface area contributed by atoms with Gasteiger partial charge in [-0.05, 0) is 36.8 Å². The first-order valence-corrected chi connectivity index (χ1v) is 8.55. The van der Waals surface area contributed by atoms with Gasteiger partial charge in [0, 0.05) is 16.5 Å². The maximum Gasteiger partial charge on any atom is 0.257 e. The Morgan fingerprint density at radius 2 is 1.92 bits per heavy atom. The zero-order chi connectivity index (χ0) is 17.8. The molecule has 0 aliphatic rings. The number of anilines is 1. The molecule has 2 aromatic carbocycles. The van der Waals surface area contributed by atoms with Crippen LogP contribution < -0.4 is 14.8 Å². The Labute approximate surface area is 150 Å². The summed E-state index contributed by atoms with van der Waals surface area (Å²) >= 11 is 1.37. The second-order valence-corrected chi connectivity index (χ2v) is 6.23. The largest absolute Gasteiger partial charge is 0.497 e. The van der Waals surface area contributed by atoms with Crippen LogP contribution in [0.4, 0.5) is 5.13 Å². The molecular formula is C19H18N2O3S. The number of ether oxygens (including phenoxy) is 2. The van der Waals surface area contributed by atoms with Crippen molar-refractivity contribution >= 4 is 22.4 Å². The summed E-state index contributed by atoms with van der Waals surface area (Å²) in [5.74, 6) is 1.24. The standard InChI is InChI=1S/C19H18N2O3S/c1-12-6-4-5-7-14(12)18(22)21-19-20-16(11-25-19)15-10-13(23-2)8-9-17(15)24-3/h4-11H,1-3H3,(H,20,21,22). The van der Waals surface area contributed by atoms with E-state index in [-0.39, 0.29) is 5.91 Å². The van der Waals surface area contributed by atoms with Crippen molar-refractivity contribution in [1.82, 2.24) is 4.98 Å². The highest BCUT2D eigenvalue weighted by atomic mass is 32.1. The van der Waals surface area contributed by atoms with Crippen molar-refractivity contribution in [2.24, 2.45) is 0 Å². The molecule has 1 aromatic heterocycles. The summed E-state index contributed by atoms with van der Waals surface area (Å²) < 4.78 is 10.7. The highest BCUT2D eigenvalue weighted by molar-refractivity contribution is 7.14. The summed E-state index contributed by atoms with van der Waals surface area (Å²) in [7, 11) is 3.22. The Morgan fingerprint density at radius 3 is 2.64 bits per heavy atom. The second-order valence-electron chi connectivity index (χ2n) is 5.37. The molecule has 128 valence electrons. The Morgan fingerprint density at radius 1 is 1.12 bits per heavy atom. The molecule has 0 atom stereocenters. The highest BCUT2D eigenvalue weighted by Gasteiger charge is 2.14. The summed E-state index contributed by atoms with van der Waals surface area (Å²) in [6.07, 6.45) is 0. The number of hydrogen-bond donors (Lipinski definition) is 1. The molecule has 0 saturated carbocycles. The van der Waals surface area contributed by atoms with E-state index >= 15 is 0 Å². The third-order valence-corrected chi connectivity index (χ3v) is 4.55. The van der Waals surface area contributed by atoms with Crippen LogP contribution in [-0.4, -0.2) is 25.1 Å². The number of rotatable bonds is 5. The van der Waals surface area contributed by atoms with E-state index in [9.17, 15) is 4.79 Å². The molecule has 3 rings (SSSR count). The Kier molecular flexibility index (Phi) is 5.00. The molecule has 6 heteroatoms. The predicted molar refractivity (Wildman–Crippen MR) is 99.8 cm³/mol.